The maximum Gasteiger partial charge on any atom is 0.348 e. The number of allylic oxidation sites excluding steroid dienone is 2. The molecular formula is C10H17Cl3Si. The highest BCUT2D eigenvalue weighted by Gasteiger charge is 2.40. The molecule has 0 radical (unpaired) electrons. The Morgan fingerprint density at radius 1 is 1.14 bits per heavy atom. The van der Waals surface area contributed by atoms with Gasteiger partial charge in [0, 0.05) is 5.54 Å². The van der Waals surface area contributed by atoms with Crippen molar-refractivity contribution in [1.29, 1.82) is 0 Å². The summed E-state index contributed by atoms with van der Waals surface area (Å²) in [6.45, 7) is 2.00. The monoisotopic (exact) mass is 270 g/mol. The molecule has 0 spiro atoms. The van der Waals surface area contributed by atoms with E-state index in [2.05, 4.69) is 6.08 Å². The minimum absolute atomic E-state index is 0.220. The van der Waals surface area contributed by atoms with Crippen molar-refractivity contribution in [3.8, 4) is 0 Å². The van der Waals surface area contributed by atoms with Crippen LogP contribution in [0.5, 0.6) is 0 Å². The number of hydrogen-bond donors (Lipinski definition) is 0. The molecule has 0 aromatic carbocycles. The Balaban J connectivity index is 2.66. The van der Waals surface area contributed by atoms with Gasteiger partial charge in [-0.25, -0.2) is 0 Å². The molecule has 0 aromatic heterocycles. The Morgan fingerprint density at radius 3 is 2.14 bits per heavy atom. The van der Waals surface area contributed by atoms with Gasteiger partial charge in [-0.1, -0.05) is 44.3 Å². The Hall–Kier alpha value is 0.827. The van der Waals surface area contributed by atoms with Gasteiger partial charge in [-0.3, -0.25) is 0 Å². The van der Waals surface area contributed by atoms with E-state index in [1.165, 1.54) is 32.1 Å². The van der Waals surface area contributed by atoms with Gasteiger partial charge in [-0.15, -0.1) is 33.2 Å². The molecule has 1 saturated carbocycles. The molecule has 82 valence electrons. The van der Waals surface area contributed by atoms with Crippen LogP contribution in [0.2, 0.25) is 5.54 Å². The largest absolute Gasteiger partial charge is 0.348 e. The number of halogens is 3. The summed E-state index contributed by atoms with van der Waals surface area (Å²) in [4.78, 5) is 0. The van der Waals surface area contributed by atoms with Crippen molar-refractivity contribution in [3.63, 3.8) is 0 Å². The second-order valence-corrected chi connectivity index (χ2v) is 12.8. The lowest BCUT2D eigenvalue weighted by Gasteiger charge is -2.31. The van der Waals surface area contributed by atoms with Crippen molar-refractivity contribution in [2.24, 2.45) is 5.92 Å². The van der Waals surface area contributed by atoms with E-state index in [-0.39, 0.29) is 5.54 Å². The van der Waals surface area contributed by atoms with Crippen molar-refractivity contribution < 1.29 is 0 Å². The van der Waals surface area contributed by atoms with E-state index in [1.54, 1.807) is 0 Å². The fourth-order valence-electron chi connectivity index (χ4n) is 2.23. The Morgan fingerprint density at radius 2 is 1.71 bits per heavy atom. The fourth-order valence-corrected chi connectivity index (χ4v) is 5.77. The molecule has 0 unspecified atom stereocenters. The zero-order valence-electron chi connectivity index (χ0n) is 8.48. The van der Waals surface area contributed by atoms with Gasteiger partial charge < -0.3 is 0 Å². The van der Waals surface area contributed by atoms with Crippen LogP contribution in [0.25, 0.3) is 0 Å². The molecule has 1 aliphatic rings. The normalized spacial score (nSPS) is 22.9. The van der Waals surface area contributed by atoms with E-state index in [0.29, 0.717) is 5.92 Å². The molecule has 1 rings (SSSR count). The zero-order valence-corrected chi connectivity index (χ0v) is 11.7. The van der Waals surface area contributed by atoms with Gasteiger partial charge in [-0.2, -0.15) is 0 Å². The summed E-state index contributed by atoms with van der Waals surface area (Å²) in [7, 11) is 0. The van der Waals surface area contributed by atoms with Crippen LogP contribution in [0.15, 0.2) is 12.2 Å². The summed E-state index contributed by atoms with van der Waals surface area (Å²) < 4.78 is 0. The minimum Gasteiger partial charge on any atom is -0.125 e. The molecule has 14 heavy (non-hydrogen) atoms. The summed E-state index contributed by atoms with van der Waals surface area (Å²) in [5.41, 5.74) is 0.220. The first-order chi connectivity index (χ1) is 6.55. The maximum absolute atomic E-state index is 6.13. The summed E-state index contributed by atoms with van der Waals surface area (Å²) in [6.07, 6.45) is 10.5. The van der Waals surface area contributed by atoms with Gasteiger partial charge in [0.25, 0.3) is 0 Å². The molecule has 1 fully saturated rings. The van der Waals surface area contributed by atoms with E-state index in [9.17, 15) is 0 Å². The SMILES string of the molecule is C/C=C/[C@@H](C1CCCCC1)[Si](Cl)(Cl)Cl. The van der Waals surface area contributed by atoms with Crippen molar-refractivity contribution in [2.45, 2.75) is 44.6 Å². The zero-order chi connectivity index (χ0) is 10.6. The van der Waals surface area contributed by atoms with Crippen molar-refractivity contribution >= 4 is 39.2 Å². The molecule has 1 aliphatic carbocycles. The first-order valence-electron chi connectivity index (χ1n) is 5.25. The smallest absolute Gasteiger partial charge is 0.125 e. The molecule has 0 heterocycles. The first-order valence-corrected chi connectivity index (χ1v) is 10.4. The summed E-state index contributed by atoms with van der Waals surface area (Å²) in [6, 6.07) is -2.57. The molecule has 0 aliphatic heterocycles. The van der Waals surface area contributed by atoms with Crippen LogP contribution in [-0.2, 0) is 0 Å². The van der Waals surface area contributed by atoms with Crippen LogP contribution in [-0.4, -0.2) is 6.00 Å². The lowest BCUT2D eigenvalue weighted by Crippen LogP contribution is -2.27. The summed E-state index contributed by atoms with van der Waals surface area (Å²) in [5, 5.41) is 0. The molecular weight excluding hydrogens is 255 g/mol. The standard InChI is InChI=1S/C10H17Cl3Si/c1-2-6-10(14(11,12)13)9-7-4-3-5-8-9/h2,6,9-10H,3-5,7-8H2,1H3/b6-2+/t10-/m0/s1. The Labute approximate surface area is 102 Å². The van der Waals surface area contributed by atoms with Gasteiger partial charge in [0.1, 0.15) is 0 Å². The van der Waals surface area contributed by atoms with E-state index in [4.69, 9.17) is 33.2 Å². The van der Waals surface area contributed by atoms with Gasteiger partial charge in [0.2, 0.25) is 0 Å². The third-order valence-corrected chi connectivity index (χ3v) is 6.62. The van der Waals surface area contributed by atoms with Crippen LogP contribution >= 0.6 is 33.2 Å². The predicted molar refractivity (Wildman–Crippen MR) is 68.5 cm³/mol. The van der Waals surface area contributed by atoms with E-state index in [1.807, 2.05) is 13.0 Å². The van der Waals surface area contributed by atoms with Crippen molar-refractivity contribution in [1.82, 2.24) is 0 Å². The minimum atomic E-state index is -2.57. The average molecular weight is 272 g/mol. The van der Waals surface area contributed by atoms with Crippen LogP contribution < -0.4 is 0 Å². The van der Waals surface area contributed by atoms with Crippen LogP contribution in [0.4, 0.5) is 0 Å². The quantitative estimate of drug-likeness (QED) is 0.377. The van der Waals surface area contributed by atoms with Gasteiger partial charge in [0.15, 0.2) is 0 Å². The maximum atomic E-state index is 6.13. The lowest BCUT2D eigenvalue weighted by molar-refractivity contribution is 0.360. The summed E-state index contributed by atoms with van der Waals surface area (Å²) in [5.74, 6) is 0.610. The number of rotatable bonds is 3. The van der Waals surface area contributed by atoms with Crippen LogP contribution in [0, 0.1) is 5.92 Å². The van der Waals surface area contributed by atoms with E-state index < -0.39 is 6.00 Å². The third kappa shape index (κ3) is 3.77. The molecule has 0 saturated heterocycles. The highest BCUT2D eigenvalue weighted by atomic mass is 35.8. The molecule has 0 nitrogen and oxygen atoms in total. The molecule has 0 bridgehead atoms. The molecule has 1 atom stereocenters. The highest BCUT2D eigenvalue weighted by molar-refractivity contribution is 7.65. The van der Waals surface area contributed by atoms with Crippen molar-refractivity contribution in [2.75, 3.05) is 0 Å². The third-order valence-electron chi connectivity index (χ3n) is 2.94. The molecule has 0 N–H and O–H groups in total. The lowest BCUT2D eigenvalue weighted by atomic mass is 9.86. The first kappa shape index (κ1) is 12.9. The Kier molecular flexibility index (Phi) is 5.33. The topological polar surface area (TPSA) is 0 Å². The predicted octanol–water partition coefficient (Wildman–Crippen LogP) is 5.17. The van der Waals surface area contributed by atoms with Crippen LogP contribution in [0.1, 0.15) is 39.0 Å². The molecule has 4 heteroatoms. The van der Waals surface area contributed by atoms with Crippen LogP contribution in [0.3, 0.4) is 0 Å². The highest BCUT2D eigenvalue weighted by Crippen LogP contribution is 2.45. The van der Waals surface area contributed by atoms with E-state index in [0.717, 1.165) is 0 Å². The molecule has 0 aromatic rings. The van der Waals surface area contributed by atoms with Gasteiger partial charge >= 0.3 is 6.00 Å². The second kappa shape index (κ2) is 5.79. The number of hydrogen-bond acceptors (Lipinski definition) is 0. The van der Waals surface area contributed by atoms with Gasteiger partial charge in [-0.05, 0) is 12.8 Å². The fraction of sp³-hybridized carbons (Fsp3) is 0.800. The summed E-state index contributed by atoms with van der Waals surface area (Å²) >= 11 is 18.4. The van der Waals surface area contributed by atoms with Gasteiger partial charge in [0.05, 0.1) is 0 Å². The van der Waals surface area contributed by atoms with Crippen molar-refractivity contribution in [3.05, 3.63) is 12.2 Å². The van der Waals surface area contributed by atoms with E-state index >= 15 is 0 Å². The molecule has 0 amide bonds. The Bertz CT molecular complexity index is 192. The average Bonchev–Trinajstić information content (AvgIpc) is 2.14. The second-order valence-electron chi connectivity index (χ2n) is 3.99.